The van der Waals surface area contributed by atoms with Gasteiger partial charge in [0, 0.05) is 16.9 Å². The van der Waals surface area contributed by atoms with Crippen LogP contribution >= 0.6 is 11.6 Å². The highest BCUT2D eigenvalue weighted by atomic mass is 35.5. The van der Waals surface area contributed by atoms with Crippen molar-refractivity contribution in [2.75, 3.05) is 0 Å². The maximum absolute atomic E-state index is 9.68. The predicted molar refractivity (Wildman–Crippen MR) is 50.9 cm³/mol. The number of fused-ring (bicyclic) bond motifs is 1. The third-order valence-electron chi connectivity index (χ3n) is 2.03. The van der Waals surface area contributed by atoms with Crippen LogP contribution < -0.4 is 4.73 Å². The summed E-state index contributed by atoms with van der Waals surface area (Å²) in [5, 5.41) is 10.7. The number of nitrogens with zero attached hydrogens (tertiary/aromatic N) is 1. The molecule has 0 amide bonds. The second kappa shape index (κ2) is 3.23. The smallest absolute Gasteiger partial charge is 0.264 e. The van der Waals surface area contributed by atoms with Crippen LogP contribution in [-0.4, -0.2) is 5.21 Å². The van der Waals surface area contributed by atoms with Gasteiger partial charge in [0.1, 0.15) is 5.88 Å². The molecule has 13 heavy (non-hydrogen) atoms. The van der Waals surface area contributed by atoms with E-state index in [1.165, 1.54) is 0 Å². The number of halogens is 1. The van der Waals surface area contributed by atoms with E-state index < -0.39 is 0 Å². The molecule has 0 saturated carbocycles. The summed E-state index contributed by atoms with van der Waals surface area (Å²) in [6.45, 7) is 0. The monoisotopic (exact) mass is 194 g/mol. The standard InChI is InChI=1S/C10H9ClNO/c11-7-9-6-5-8-3-1-2-4-10(8)12(9)13/h1-6,13H,7H2/q+1. The van der Waals surface area contributed by atoms with E-state index in [0.29, 0.717) is 11.6 Å². The molecule has 0 radical (unpaired) electrons. The average Bonchev–Trinajstić information content (AvgIpc) is 2.19. The number of alkyl halides is 1. The molecule has 3 heteroatoms. The lowest BCUT2D eigenvalue weighted by Gasteiger charge is -1.95. The zero-order valence-corrected chi connectivity index (χ0v) is 7.70. The minimum Gasteiger partial charge on any atom is -0.284 e. The van der Waals surface area contributed by atoms with Gasteiger partial charge in [-0.2, -0.15) is 0 Å². The molecule has 0 aliphatic carbocycles. The quantitative estimate of drug-likeness (QED) is 0.420. The van der Waals surface area contributed by atoms with Crippen molar-refractivity contribution in [2.45, 2.75) is 5.88 Å². The molecule has 0 bridgehead atoms. The normalized spacial score (nSPS) is 10.5. The minimum absolute atomic E-state index is 0.307. The Morgan fingerprint density at radius 2 is 1.92 bits per heavy atom. The summed E-state index contributed by atoms with van der Waals surface area (Å²) in [5.41, 5.74) is 1.47. The maximum atomic E-state index is 9.68. The van der Waals surface area contributed by atoms with Crippen LogP contribution in [0.15, 0.2) is 36.4 Å². The molecule has 1 heterocycles. The average molecular weight is 195 g/mol. The molecule has 0 saturated heterocycles. The summed E-state index contributed by atoms with van der Waals surface area (Å²) in [6, 6.07) is 11.4. The topological polar surface area (TPSA) is 24.1 Å². The van der Waals surface area contributed by atoms with E-state index in [2.05, 4.69) is 0 Å². The molecule has 0 spiro atoms. The summed E-state index contributed by atoms with van der Waals surface area (Å²) in [4.78, 5) is 0. The van der Waals surface area contributed by atoms with Crippen molar-refractivity contribution < 1.29 is 9.94 Å². The van der Waals surface area contributed by atoms with Crippen LogP contribution in [0.2, 0.25) is 0 Å². The number of para-hydroxylation sites is 1. The summed E-state index contributed by atoms with van der Waals surface area (Å²) >= 11 is 5.65. The van der Waals surface area contributed by atoms with Gasteiger partial charge in [-0.3, -0.25) is 5.21 Å². The molecule has 2 rings (SSSR count). The molecular weight excluding hydrogens is 186 g/mol. The molecule has 2 aromatic rings. The summed E-state index contributed by atoms with van der Waals surface area (Å²) in [6.07, 6.45) is 0. The number of benzene rings is 1. The van der Waals surface area contributed by atoms with Crippen molar-refractivity contribution in [1.82, 2.24) is 0 Å². The van der Waals surface area contributed by atoms with Crippen molar-refractivity contribution in [3.8, 4) is 0 Å². The van der Waals surface area contributed by atoms with Gasteiger partial charge in [0.25, 0.3) is 5.52 Å². The third-order valence-corrected chi connectivity index (χ3v) is 2.30. The summed E-state index contributed by atoms with van der Waals surface area (Å²) < 4.78 is 1.13. The first-order valence-corrected chi connectivity index (χ1v) is 4.54. The van der Waals surface area contributed by atoms with E-state index in [9.17, 15) is 5.21 Å². The van der Waals surface area contributed by atoms with Crippen LogP contribution in [0.25, 0.3) is 10.9 Å². The van der Waals surface area contributed by atoms with Crippen LogP contribution in [0.3, 0.4) is 0 Å². The molecule has 66 valence electrons. The Bertz CT molecular complexity index is 442. The third kappa shape index (κ3) is 1.33. The van der Waals surface area contributed by atoms with Gasteiger partial charge in [0.2, 0.25) is 5.69 Å². The van der Waals surface area contributed by atoms with Crippen LogP contribution in [0, 0.1) is 0 Å². The van der Waals surface area contributed by atoms with E-state index in [1.807, 2.05) is 36.4 Å². The van der Waals surface area contributed by atoms with Crippen molar-refractivity contribution in [3.05, 3.63) is 42.1 Å². The van der Waals surface area contributed by atoms with E-state index >= 15 is 0 Å². The van der Waals surface area contributed by atoms with E-state index in [4.69, 9.17) is 11.6 Å². The molecule has 1 N–H and O–H groups in total. The Morgan fingerprint density at radius 3 is 2.69 bits per heavy atom. The molecule has 1 aromatic heterocycles. The molecule has 0 aliphatic heterocycles. The Hall–Kier alpha value is -1.28. The molecule has 0 atom stereocenters. The van der Waals surface area contributed by atoms with Gasteiger partial charge in [-0.25, -0.2) is 0 Å². The maximum Gasteiger partial charge on any atom is 0.264 e. The van der Waals surface area contributed by atoms with Gasteiger partial charge in [0.15, 0.2) is 0 Å². The van der Waals surface area contributed by atoms with Crippen molar-refractivity contribution in [3.63, 3.8) is 0 Å². The number of hydrogen-bond acceptors (Lipinski definition) is 1. The van der Waals surface area contributed by atoms with E-state index in [1.54, 1.807) is 0 Å². The van der Waals surface area contributed by atoms with Crippen molar-refractivity contribution in [1.29, 1.82) is 0 Å². The Labute approximate surface area is 81.0 Å². The van der Waals surface area contributed by atoms with Gasteiger partial charge < -0.3 is 0 Å². The summed E-state index contributed by atoms with van der Waals surface area (Å²) in [5.74, 6) is 0.307. The minimum atomic E-state index is 0.307. The molecule has 2 nitrogen and oxygen atoms in total. The first-order chi connectivity index (χ1) is 6.33. The Kier molecular flexibility index (Phi) is 2.07. The zero-order chi connectivity index (χ0) is 9.26. The molecule has 0 fully saturated rings. The predicted octanol–water partition coefficient (Wildman–Crippen LogP) is 2.10. The largest absolute Gasteiger partial charge is 0.284 e. The Balaban J connectivity index is 2.79. The van der Waals surface area contributed by atoms with Gasteiger partial charge in [0.05, 0.1) is 5.39 Å². The van der Waals surface area contributed by atoms with Gasteiger partial charge in [-0.05, 0) is 12.1 Å². The fourth-order valence-electron chi connectivity index (χ4n) is 1.33. The van der Waals surface area contributed by atoms with Gasteiger partial charge in [-0.15, -0.1) is 11.6 Å². The highest BCUT2D eigenvalue weighted by Crippen LogP contribution is 2.10. The molecular formula is C10H9ClNO+. The molecule has 1 aromatic carbocycles. The van der Waals surface area contributed by atoms with Gasteiger partial charge >= 0.3 is 0 Å². The fourth-order valence-corrected chi connectivity index (χ4v) is 1.54. The SMILES string of the molecule is O[n+]1c(CCl)ccc2ccccc21. The second-order valence-electron chi connectivity index (χ2n) is 2.83. The highest BCUT2D eigenvalue weighted by molar-refractivity contribution is 6.16. The zero-order valence-electron chi connectivity index (χ0n) is 6.94. The lowest BCUT2D eigenvalue weighted by molar-refractivity contribution is -0.889. The lowest BCUT2D eigenvalue weighted by Crippen LogP contribution is -2.35. The lowest BCUT2D eigenvalue weighted by atomic mass is 10.2. The van der Waals surface area contributed by atoms with E-state index in [0.717, 1.165) is 15.6 Å². The van der Waals surface area contributed by atoms with Gasteiger partial charge in [-0.1, -0.05) is 12.1 Å². The van der Waals surface area contributed by atoms with Crippen molar-refractivity contribution in [2.24, 2.45) is 0 Å². The van der Waals surface area contributed by atoms with Crippen LogP contribution in [0.1, 0.15) is 5.69 Å². The van der Waals surface area contributed by atoms with Crippen molar-refractivity contribution >= 4 is 22.5 Å². The first-order valence-electron chi connectivity index (χ1n) is 4.01. The second-order valence-corrected chi connectivity index (χ2v) is 3.10. The number of rotatable bonds is 1. The van der Waals surface area contributed by atoms with Crippen LogP contribution in [0.5, 0.6) is 0 Å². The fraction of sp³-hybridized carbons (Fsp3) is 0.100. The van der Waals surface area contributed by atoms with Crippen LogP contribution in [-0.2, 0) is 5.88 Å². The number of hydrogen-bond donors (Lipinski definition) is 1. The number of pyridine rings is 1. The Morgan fingerprint density at radius 1 is 1.15 bits per heavy atom. The number of aromatic nitrogens is 1. The van der Waals surface area contributed by atoms with E-state index in [-0.39, 0.29) is 0 Å². The highest BCUT2D eigenvalue weighted by Gasteiger charge is 2.12. The molecule has 0 unspecified atom stereocenters. The first kappa shape index (κ1) is 8.32. The summed E-state index contributed by atoms with van der Waals surface area (Å²) in [7, 11) is 0. The molecule has 0 aliphatic rings. The van der Waals surface area contributed by atoms with Crippen LogP contribution in [0.4, 0.5) is 0 Å².